The Balaban J connectivity index is 2.11. The first kappa shape index (κ1) is 19.7. The molecule has 0 amide bonds. The van der Waals surface area contributed by atoms with E-state index in [1.54, 1.807) is 30.3 Å². The summed E-state index contributed by atoms with van der Waals surface area (Å²) >= 11 is 12.3. The number of nitrogens with zero attached hydrogens (tertiary/aromatic N) is 3. The fraction of sp³-hybridized carbons (Fsp3) is 0.0952. The molecule has 0 N–H and O–H groups in total. The van der Waals surface area contributed by atoms with Crippen LogP contribution in [0.25, 0.3) is 17.3 Å². The Morgan fingerprint density at radius 3 is 2.57 bits per heavy atom. The van der Waals surface area contributed by atoms with E-state index in [2.05, 4.69) is 6.07 Å². The minimum atomic E-state index is -0.479. The van der Waals surface area contributed by atoms with E-state index in [1.165, 1.54) is 12.1 Å². The van der Waals surface area contributed by atoms with Crippen molar-refractivity contribution in [3.8, 4) is 11.8 Å². The lowest BCUT2D eigenvalue weighted by Gasteiger charge is -2.12. The van der Waals surface area contributed by atoms with Gasteiger partial charge in [0.05, 0.1) is 27.3 Å². The highest BCUT2D eigenvalue weighted by Gasteiger charge is 2.14. The maximum atomic E-state index is 11.0. The summed E-state index contributed by atoms with van der Waals surface area (Å²) in [6.45, 7) is 3.86. The van der Waals surface area contributed by atoms with Gasteiger partial charge < -0.3 is 4.57 Å². The molecule has 0 fully saturated rings. The molecule has 3 rings (SSSR count). The Hall–Kier alpha value is -3.07. The summed E-state index contributed by atoms with van der Waals surface area (Å²) in [7, 11) is 0. The summed E-state index contributed by atoms with van der Waals surface area (Å²) in [5, 5.41) is 21.7. The van der Waals surface area contributed by atoms with Gasteiger partial charge in [-0.05, 0) is 55.3 Å². The van der Waals surface area contributed by atoms with Gasteiger partial charge in [0.1, 0.15) is 0 Å². The van der Waals surface area contributed by atoms with Gasteiger partial charge in [-0.25, -0.2) is 0 Å². The van der Waals surface area contributed by atoms with Gasteiger partial charge in [0.2, 0.25) is 0 Å². The van der Waals surface area contributed by atoms with Gasteiger partial charge in [-0.1, -0.05) is 35.3 Å². The number of nitro benzene ring substituents is 1. The largest absolute Gasteiger partial charge is 0.316 e. The van der Waals surface area contributed by atoms with E-state index >= 15 is 0 Å². The van der Waals surface area contributed by atoms with Crippen LogP contribution in [0.3, 0.4) is 0 Å². The van der Waals surface area contributed by atoms with E-state index in [-0.39, 0.29) is 5.69 Å². The lowest BCUT2D eigenvalue weighted by molar-refractivity contribution is -0.384. The highest BCUT2D eigenvalue weighted by molar-refractivity contribution is 6.35. The molecule has 7 heteroatoms. The second-order valence-corrected chi connectivity index (χ2v) is 7.08. The van der Waals surface area contributed by atoms with Crippen molar-refractivity contribution in [2.75, 3.05) is 0 Å². The van der Waals surface area contributed by atoms with E-state index < -0.39 is 4.92 Å². The number of hydrogen-bond acceptors (Lipinski definition) is 3. The first-order chi connectivity index (χ1) is 13.3. The van der Waals surface area contributed by atoms with Crippen LogP contribution in [0.1, 0.15) is 22.5 Å². The molecule has 0 unspecified atom stereocenters. The Morgan fingerprint density at radius 1 is 1.18 bits per heavy atom. The van der Waals surface area contributed by atoms with Gasteiger partial charge in [0.15, 0.2) is 0 Å². The molecule has 3 aromatic rings. The number of aromatic nitrogens is 1. The normalized spacial score (nSPS) is 11.3. The van der Waals surface area contributed by atoms with Crippen LogP contribution < -0.4 is 0 Å². The summed E-state index contributed by atoms with van der Waals surface area (Å²) < 4.78 is 1.98. The second kappa shape index (κ2) is 7.89. The Bertz CT molecular complexity index is 1160. The minimum absolute atomic E-state index is 0.0583. The molecule has 0 bridgehead atoms. The maximum Gasteiger partial charge on any atom is 0.270 e. The van der Waals surface area contributed by atoms with Crippen molar-refractivity contribution >= 4 is 40.5 Å². The third-order valence-electron chi connectivity index (χ3n) is 4.41. The predicted octanol–water partition coefficient (Wildman–Crippen LogP) is 6.37. The second-order valence-electron chi connectivity index (χ2n) is 6.23. The zero-order valence-corrected chi connectivity index (χ0v) is 16.6. The molecule has 0 saturated heterocycles. The third kappa shape index (κ3) is 3.79. The lowest BCUT2D eigenvalue weighted by Crippen LogP contribution is -2.00. The van der Waals surface area contributed by atoms with Crippen molar-refractivity contribution in [1.29, 1.82) is 5.26 Å². The van der Waals surface area contributed by atoms with E-state index in [0.29, 0.717) is 21.2 Å². The van der Waals surface area contributed by atoms with Gasteiger partial charge in [0.25, 0.3) is 5.69 Å². The lowest BCUT2D eigenvalue weighted by atomic mass is 10.0. The van der Waals surface area contributed by atoms with E-state index in [9.17, 15) is 15.4 Å². The van der Waals surface area contributed by atoms with Crippen LogP contribution in [0.15, 0.2) is 48.5 Å². The van der Waals surface area contributed by atoms with Crippen molar-refractivity contribution in [3.63, 3.8) is 0 Å². The number of aryl methyl sites for hydroxylation is 1. The summed E-state index contributed by atoms with van der Waals surface area (Å²) in [6.07, 6.45) is 1.72. The van der Waals surface area contributed by atoms with Crippen LogP contribution in [0.4, 0.5) is 5.69 Å². The van der Waals surface area contributed by atoms with Crippen LogP contribution in [-0.4, -0.2) is 9.49 Å². The SMILES string of the molecule is Cc1cc(/C=C(/C#N)c2cccc([N+](=O)[O-])c2)c(C)n1-c1ccc(Cl)cc1Cl. The summed E-state index contributed by atoms with van der Waals surface area (Å²) in [5.41, 5.74) is 4.21. The molecule has 0 aliphatic carbocycles. The highest BCUT2D eigenvalue weighted by atomic mass is 35.5. The zero-order valence-electron chi connectivity index (χ0n) is 15.1. The Labute approximate surface area is 172 Å². The molecule has 0 radical (unpaired) electrons. The first-order valence-corrected chi connectivity index (χ1v) is 9.08. The van der Waals surface area contributed by atoms with Crippen molar-refractivity contribution in [2.24, 2.45) is 0 Å². The minimum Gasteiger partial charge on any atom is -0.316 e. The van der Waals surface area contributed by atoms with Gasteiger partial charge in [-0.3, -0.25) is 10.1 Å². The average Bonchev–Trinajstić information content (AvgIpc) is 2.93. The van der Waals surface area contributed by atoms with E-state index in [1.807, 2.05) is 30.5 Å². The number of halogens is 2. The Kier molecular flexibility index (Phi) is 5.55. The van der Waals surface area contributed by atoms with Gasteiger partial charge >= 0.3 is 0 Å². The molecule has 140 valence electrons. The molecule has 1 heterocycles. The topological polar surface area (TPSA) is 71.9 Å². The monoisotopic (exact) mass is 411 g/mol. The zero-order chi connectivity index (χ0) is 20.4. The standard InChI is InChI=1S/C21H15Cl2N3O2/c1-13-8-16(14(2)25(13)21-7-6-18(22)11-20(21)23)9-17(12-24)15-4-3-5-19(10-15)26(27)28/h3-11H,1-2H3/b17-9-. The van der Waals surface area contributed by atoms with Gasteiger partial charge in [0, 0.05) is 28.5 Å². The number of hydrogen-bond donors (Lipinski definition) is 0. The van der Waals surface area contributed by atoms with Crippen LogP contribution in [0, 0.1) is 35.3 Å². The maximum absolute atomic E-state index is 11.0. The van der Waals surface area contributed by atoms with Crippen LogP contribution in [-0.2, 0) is 0 Å². The molecule has 1 aromatic heterocycles. The molecule has 0 atom stereocenters. The van der Waals surface area contributed by atoms with Crippen molar-refractivity contribution < 1.29 is 4.92 Å². The van der Waals surface area contributed by atoms with Crippen LogP contribution in [0.5, 0.6) is 0 Å². The molecule has 28 heavy (non-hydrogen) atoms. The fourth-order valence-corrected chi connectivity index (χ4v) is 3.58. The number of rotatable bonds is 4. The van der Waals surface area contributed by atoms with Gasteiger partial charge in [-0.2, -0.15) is 5.26 Å². The molecule has 5 nitrogen and oxygen atoms in total. The van der Waals surface area contributed by atoms with Crippen molar-refractivity contribution in [3.05, 3.63) is 91.2 Å². The molecule has 2 aromatic carbocycles. The van der Waals surface area contributed by atoms with Gasteiger partial charge in [-0.15, -0.1) is 0 Å². The fourth-order valence-electron chi connectivity index (χ4n) is 3.09. The quantitative estimate of drug-likeness (QED) is 0.284. The number of nitriles is 1. The van der Waals surface area contributed by atoms with Crippen LogP contribution in [0.2, 0.25) is 10.0 Å². The molecule has 0 saturated carbocycles. The summed E-state index contributed by atoms with van der Waals surface area (Å²) in [6, 6.07) is 15.4. The molecule has 0 spiro atoms. The first-order valence-electron chi connectivity index (χ1n) is 8.33. The van der Waals surface area contributed by atoms with Crippen molar-refractivity contribution in [2.45, 2.75) is 13.8 Å². The van der Waals surface area contributed by atoms with Crippen molar-refractivity contribution in [1.82, 2.24) is 4.57 Å². The van der Waals surface area contributed by atoms with Crippen LogP contribution >= 0.6 is 23.2 Å². The summed E-state index contributed by atoms with van der Waals surface area (Å²) in [4.78, 5) is 10.5. The highest BCUT2D eigenvalue weighted by Crippen LogP contribution is 2.30. The summed E-state index contributed by atoms with van der Waals surface area (Å²) in [5.74, 6) is 0. The molecule has 0 aliphatic rings. The van der Waals surface area contributed by atoms with E-state index in [0.717, 1.165) is 22.6 Å². The van der Waals surface area contributed by atoms with E-state index in [4.69, 9.17) is 23.2 Å². The number of benzene rings is 2. The molecular weight excluding hydrogens is 397 g/mol. The smallest absolute Gasteiger partial charge is 0.270 e. The third-order valence-corrected chi connectivity index (χ3v) is 4.95. The Morgan fingerprint density at radius 2 is 1.93 bits per heavy atom. The predicted molar refractivity (Wildman–Crippen MR) is 112 cm³/mol. The average molecular weight is 412 g/mol. The number of nitro groups is 1. The number of non-ortho nitro benzene ring substituents is 1. The molecular formula is C21H15Cl2N3O2. The molecule has 0 aliphatic heterocycles. The number of allylic oxidation sites excluding steroid dienone is 1.